The second kappa shape index (κ2) is 18.5. The van der Waals surface area contributed by atoms with Crippen molar-refractivity contribution in [2.45, 2.75) is 76.2 Å². The first-order valence-corrected chi connectivity index (χ1v) is 19.0. The summed E-state index contributed by atoms with van der Waals surface area (Å²) in [7, 11) is 0. The summed E-state index contributed by atoms with van der Waals surface area (Å²) in [6.07, 6.45) is -0.524. The summed E-state index contributed by atoms with van der Waals surface area (Å²) in [5.74, 6) is -1.12. The number of carbonyl (C=O) groups excluding carboxylic acids is 4. The molecule has 0 radical (unpaired) electrons. The molecule has 13 nitrogen and oxygen atoms in total. The molecule has 4 N–H and O–H groups in total. The number of unbranched alkanes of at least 4 members (excludes halogenated alkanes) is 1. The summed E-state index contributed by atoms with van der Waals surface area (Å²) in [5.41, 5.74) is 3.16. The molecule has 0 bridgehead atoms. The average molecular weight is 765 g/mol. The van der Waals surface area contributed by atoms with Crippen LogP contribution in [0.3, 0.4) is 0 Å². The number of benzene rings is 4. The molecular weight excluding hydrogens is 716 g/mol. The Hall–Kier alpha value is -6.08. The van der Waals surface area contributed by atoms with Gasteiger partial charge in [0, 0.05) is 25.8 Å². The zero-order chi connectivity index (χ0) is 39.6. The number of carbonyl (C=O) groups is 4. The zero-order valence-electron chi connectivity index (χ0n) is 31.3. The topological polar surface area (TPSA) is 169 Å². The SMILES string of the molecule is CCCC[C@@H](C(=O)NCCc1ccccc1)N1CC2N(C(=O)OCCc3ccc(O)cc3)OC(Cc3ccc(O)cc3)C(=O)N2[C@@H](Cc2ccc(O)cc2)C1=O. The minimum atomic E-state index is -1.24. The van der Waals surface area contributed by atoms with Gasteiger partial charge in [0.05, 0.1) is 13.2 Å². The highest BCUT2D eigenvalue weighted by Crippen LogP contribution is 2.33. The molecule has 2 heterocycles. The quantitative estimate of drug-likeness (QED) is 0.132. The van der Waals surface area contributed by atoms with E-state index in [4.69, 9.17) is 9.57 Å². The Balaban J connectivity index is 1.33. The van der Waals surface area contributed by atoms with Crippen molar-refractivity contribution in [2.24, 2.45) is 0 Å². The molecule has 0 aromatic heterocycles. The number of phenols is 3. The molecule has 294 valence electrons. The zero-order valence-corrected chi connectivity index (χ0v) is 31.3. The number of hydrogen-bond acceptors (Lipinski definition) is 9. The number of piperazine rings is 1. The maximum Gasteiger partial charge on any atom is 0.436 e. The van der Waals surface area contributed by atoms with Crippen molar-refractivity contribution in [1.82, 2.24) is 20.2 Å². The Labute approximate surface area is 326 Å². The summed E-state index contributed by atoms with van der Waals surface area (Å²) in [6.45, 7) is 2.08. The number of amides is 4. The molecule has 6 rings (SSSR count). The largest absolute Gasteiger partial charge is 0.508 e. The molecule has 2 fully saturated rings. The van der Waals surface area contributed by atoms with Crippen molar-refractivity contribution in [3.8, 4) is 17.2 Å². The summed E-state index contributed by atoms with van der Waals surface area (Å²) in [5, 5.41) is 33.6. The molecular formula is C43H48N4O9. The van der Waals surface area contributed by atoms with E-state index in [2.05, 4.69) is 5.32 Å². The monoisotopic (exact) mass is 764 g/mol. The predicted octanol–water partition coefficient (Wildman–Crippen LogP) is 4.87. The van der Waals surface area contributed by atoms with E-state index in [9.17, 15) is 34.5 Å². The minimum Gasteiger partial charge on any atom is -0.508 e. The van der Waals surface area contributed by atoms with Gasteiger partial charge in [-0.25, -0.2) is 4.79 Å². The molecule has 4 amide bonds. The summed E-state index contributed by atoms with van der Waals surface area (Å²) < 4.78 is 5.73. The van der Waals surface area contributed by atoms with E-state index in [1.54, 1.807) is 36.4 Å². The van der Waals surface area contributed by atoms with Crippen LogP contribution >= 0.6 is 0 Å². The van der Waals surface area contributed by atoms with E-state index >= 15 is 0 Å². The molecule has 13 heteroatoms. The van der Waals surface area contributed by atoms with Crippen LogP contribution in [0, 0.1) is 0 Å². The van der Waals surface area contributed by atoms with Crippen molar-refractivity contribution in [2.75, 3.05) is 19.7 Å². The van der Waals surface area contributed by atoms with Gasteiger partial charge in [-0.1, -0.05) is 86.5 Å². The predicted molar refractivity (Wildman–Crippen MR) is 206 cm³/mol. The number of phenolic OH excluding ortho intramolecular Hbond substituents is 3. The van der Waals surface area contributed by atoms with Gasteiger partial charge in [0.15, 0.2) is 12.3 Å². The fraction of sp³-hybridized carbons (Fsp3) is 0.349. The van der Waals surface area contributed by atoms with Gasteiger partial charge in [-0.3, -0.25) is 19.2 Å². The van der Waals surface area contributed by atoms with E-state index < -0.39 is 42.3 Å². The van der Waals surface area contributed by atoms with Gasteiger partial charge in [0.2, 0.25) is 11.8 Å². The van der Waals surface area contributed by atoms with Crippen LogP contribution in [0.25, 0.3) is 0 Å². The van der Waals surface area contributed by atoms with Gasteiger partial charge in [-0.05, 0) is 71.5 Å². The number of hydroxylamine groups is 2. The lowest BCUT2D eigenvalue weighted by Gasteiger charge is -2.53. The molecule has 2 saturated heterocycles. The molecule has 2 aliphatic heterocycles. The number of ether oxygens (including phenoxy) is 1. The molecule has 0 saturated carbocycles. The van der Waals surface area contributed by atoms with Gasteiger partial charge >= 0.3 is 6.09 Å². The van der Waals surface area contributed by atoms with Crippen molar-refractivity contribution >= 4 is 23.8 Å². The lowest BCUT2D eigenvalue weighted by atomic mass is 9.95. The third kappa shape index (κ3) is 9.77. The Bertz CT molecular complexity index is 1940. The first-order chi connectivity index (χ1) is 27.1. The van der Waals surface area contributed by atoms with Crippen LogP contribution in [0.5, 0.6) is 17.2 Å². The van der Waals surface area contributed by atoms with Crippen LogP contribution in [-0.4, -0.2) is 98.0 Å². The fourth-order valence-electron chi connectivity index (χ4n) is 7.14. The molecule has 4 aromatic rings. The van der Waals surface area contributed by atoms with Crippen LogP contribution in [-0.2, 0) is 49.6 Å². The first kappa shape index (κ1) is 39.6. The Morgan fingerprint density at radius 1 is 0.768 bits per heavy atom. The Morgan fingerprint density at radius 3 is 1.95 bits per heavy atom. The lowest BCUT2D eigenvalue weighted by molar-refractivity contribution is -0.267. The van der Waals surface area contributed by atoms with Gasteiger partial charge in [0.1, 0.15) is 29.3 Å². The second-order valence-electron chi connectivity index (χ2n) is 14.1. The molecule has 2 unspecified atom stereocenters. The number of nitrogens with zero attached hydrogens (tertiary/aromatic N) is 3. The molecule has 0 spiro atoms. The van der Waals surface area contributed by atoms with Crippen molar-refractivity contribution < 1.29 is 44.1 Å². The molecule has 4 atom stereocenters. The third-order valence-electron chi connectivity index (χ3n) is 10.1. The van der Waals surface area contributed by atoms with E-state index in [1.165, 1.54) is 46.2 Å². The standard InChI is InChI=1S/C43H48N4O9/c1-2-3-9-36(40(51)44-24-22-29-7-5-4-6-8-29)45-28-39-46(37(41(45)52)26-31-12-18-34(49)19-13-31)42(53)38(27-32-14-20-35(50)21-15-32)56-47(39)43(54)55-25-23-30-10-16-33(48)17-11-30/h4-8,10-21,36-39,48-50H,2-3,9,22-28H2,1H3,(H,44,51)/t36-,37-,38?,39?/m0/s1. The Morgan fingerprint density at radius 2 is 1.34 bits per heavy atom. The highest BCUT2D eigenvalue weighted by Gasteiger charge is 2.55. The summed E-state index contributed by atoms with van der Waals surface area (Å²) >= 11 is 0. The number of aromatic hydroxyl groups is 3. The van der Waals surface area contributed by atoms with E-state index in [1.807, 2.05) is 37.3 Å². The minimum absolute atomic E-state index is 0.0202. The first-order valence-electron chi connectivity index (χ1n) is 19.0. The maximum absolute atomic E-state index is 14.8. The third-order valence-corrected chi connectivity index (χ3v) is 10.1. The van der Waals surface area contributed by atoms with Crippen molar-refractivity contribution in [1.29, 1.82) is 0 Å². The molecule has 4 aromatic carbocycles. The fourth-order valence-corrected chi connectivity index (χ4v) is 7.14. The lowest BCUT2D eigenvalue weighted by Crippen LogP contribution is -2.75. The Kier molecular flexibility index (Phi) is 13.1. The molecule has 56 heavy (non-hydrogen) atoms. The maximum atomic E-state index is 14.8. The van der Waals surface area contributed by atoms with Crippen LogP contribution in [0.15, 0.2) is 103 Å². The second-order valence-corrected chi connectivity index (χ2v) is 14.1. The van der Waals surface area contributed by atoms with Gasteiger partial charge in [-0.2, -0.15) is 5.06 Å². The van der Waals surface area contributed by atoms with Crippen molar-refractivity contribution in [3.05, 3.63) is 125 Å². The van der Waals surface area contributed by atoms with Crippen molar-refractivity contribution in [3.63, 3.8) is 0 Å². The molecule has 0 aliphatic carbocycles. The van der Waals surface area contributed by atoms with Crippen LogP contribution in [0.1, 0.15) is 48.4 Å². The normalized spacial score (nSPS) is 18.7. The number of nitrogens with one attached hydrogen (secondary N) is 1. The summed E-state index contributed by atoms with van der Waals surface area (Å²) in [6, 6.07) is 26.8. The van der Waals surface area contributed by atoms with E-state index in [-0.39, 0.29) is 49.1 Å². The van der Waals surface area contributed by atoms with E-state index in [0.717, 1.165) is 22.6 Å². The van der Waals surface area contributed by atoms with Crippen LogP contribution < -0.4 is 5.32 Å². The number of fused-ring (bicyclic) bond motifs is 1. The molecule has 2 aliphatic rings. The average Bonchev–Trinajstić information content (AvgIpc) is 3.20. The van der Waals surface area contributed by atoms with Gasteiger partial charge < -0.3 is 35.2 Å². The van der Waals surface area contributed by atoms with Gasteiger partial charge in [-0.15, -0.1) is 0 Å². The van der Waals surface area contributed by atoms with Crippen LogP contribution in [0.4, 0.5) is 4.79 Å². The number of hydrogen-bond donors (Lipinski definition) is 4. The summed E-state index contributed by atoms with van der Waals surface area (Å²) in [4.78, 5) is 66.5. The smallest absolute Gasteiger partial charge is 0.436 e. The highest BCUT2D eigenvalue weighted by atomic mass is 16.7. The highest BCUT2D eigenvalue weighted by molar-refractivity contribution is 5.95. The van der Waals surface area contributed by atoms with Gasteiger partial charge in [0.25, 0.3) is 5.91 Å². The van der Waals surface area contributed by atoms with E-state index in [0.29, 0.717) is 43.4 Å². The number of rotatable bonds is 15. The van der Waals surface area contributed by atoms with Crippen LogP contribution in [0.2, 0.25) is 0 Å².